The minimum Gasteiger partial charge on any atom is -0.314 e. The van der Waals surface area contributed by atoms with Gasteiger partial charge < -0.3 is 5.32 Å². The molecule has 4 unspecified atom stereocenters. The maximum absolute atomic E-state index is 3.79. The summed E-state index contributed by atoms with van der Waals surface area (Å²) in [7, 11) is 0. The summed E-state index contributed by atoms with van der Waals surface area (Å²) >= 11 is 0. The van der Waals surface area contributed by atoms with Crippen molar-refractivity contribution in [3.8, 4) is 0 Å². The quantitative estimate of drug-likeness (QED) is 0.789. The molecule has 0 radical (unpaired) electrons. The summed E-state index contributed by atoms with van der Waals surface area (Å²) in [5.41, 5.74) is 0. The molecule has 2 fully saturated rings. The Labute approximate surface area is 126 Å². The third kappa shape index (κ3) is 3.98. The highest BCUT2D eigenvalue weighted by molar-refractivity contribution is 4.90. The second-order valence-corrected chi connectivity index (χ2v) is 7.03. The van der Waals surface area contributed by atoms with Gasteiger partial charge in [-0.2, -0.15) is 0 Å². The van der Waals surface area contributed by atoms with Crippen molar-refractivity contribution >= 4 is 0 Å². The number of nitrogens with one attached hydrogen (secondary N) is 1. The van der Waals surface area contributed by atoms with Crippen LogP contribution >= 0.6 is 0 Å². The monoisotopic (exact) mass is 280 g/mol. The summed E-state index contributed by atoms with van der Waals surface area (Å²) in [5.74, 6) is 1.84. The van der Waals surface area contributed by atoms with Gasteiger partial charge in [0.1, 0.15) is 0 Å². The van der Waals surface area contributed by atoms with Crippen molar-refractivity contribution in [3.63, 3.8) is 0 Å². The molecule has 1 saturated carbocycles. The van der Waals surface area contributed by atoms with Crippen molar-refractivity contribution in [1.29, 1.82) is 0 Å². The summed E-state index contributed by atoms with van der Waals surface area (Å²) in [5, 5.41) is 3.79. The standard InChI is InChI=1S/C18H36N2/c1-4-12-19-17-11-13-20(14-16(17)6-3)18-10-8-7-9-15(18)5-2/h15-19H,4-14H2,1-3H3. The summed E-state index contributed by atoms with van der Waals surface area (Å²) in [4.78, 5) is 2.87. The first-order chi connectivity index (χ1) is 9.80. The highest BCUT2D eigenvalue weighted by atomic mass is 15.2. The minimum absolute atomic E-state index is 0.778. The Morgan fingerprint density at radius 1 is 0.950 bits per heavy atom. The zero-order valence-corrected chi connectivity index (χ0v) is 14.0. The van der Waals surface area contributed by atoms with Gasteiger partial charge in [0, 0.05) is 18.6 Å². The average molecular weight is 280 g/mol. The van der Waals surface area contributed by atoms with E-state index in [0.29, 0.717) is 0 Å². The molecule has 2 rings (SSSR count). The maximum Gasteiger partial charge on any atom is 0.0123 e. The Bertz CT molecular complexity index is 266. The molecule has 2 nitrogen and oxygen atoms in total. The molecule has 0 aromatic carbocycles. The fourth-order valence-electron chi connectivity index (χ4n) is 4.52. The predicted molar refractivity (Wildman–Crippen MR) is 88.1 cm³/mol. The maximum atomic E-state index is 3.79. The lowest BCUT2D eigenvalue weighted by atomic mass is 9.79. The van der Waals surface area contributed by atoms with E-state index >= 15 is 0 Å². The first-order valence-corrected chi connectivity index (χ1v) is 9.27. The van der Waals surface area contributed by atoms with Gasteiger partial charge in [0.2, 0.25) is 0 Å². The fraction of sp³-hybridized carbons (Fsp3) is 1.00. The van der Waals surface area contributed by atoms with E-state index in [-0.39, 0.29) is 0 Å². The van der Waals surface area contributed by atoms with Gasteiger partial charge in [-0.1, -0.05) is 46.5 Å². The summed E-state index contributed by atoms with van der Waals surface area (Å²) < 4.78 is 0. The van der Waals surface area contributed by atoms with Gasteiger partial charge in [-0.25, -0.2) is 0 Å². The van der Waals surface area contributed by atoms with Crippen LogP contribution in [0, 0.1) is 11.8 Å². The number of piperidine rings is 1. The average Bonchev–Trinajstić information content (AvgIpc) is 2.52. The van der Waals surface area contributed by atoms with Crippen LogP contribution in [0.1, 0.15) is 72.1 Å². The predicted octanol–water partition coefficient (Wildman–Crippen LogP) is 4.06. The third-order valence-electron chi connectivity index (χ3n) is 5.81. The van der Waals surface area contributed by atoms with E-state index < -0.39 is 0 Å². The van der Waals surface area contributed by atoms with Crippen LogP contribution in [0.5, 0.6) is 0 Å². The highest BCUT2D eigenvalue weighted by Gasteiger charge is 2.34. The molecule has 1 saturated heterocycles. The zero-order chi connectivity index (χ0) is 14.4. The van der Waals surface area contributed by atoms with E-state index in [0.717, 1.165) is 23.9 Å². The Morgan fingerprint density at radius 2 is 1.70 bits per heavy atom. The molecule has 1 heterocycles. The van der Waals surface area contributed by atoms with Gasteiger partial charge in [0.15, 0.2) is 0 Å². The lowest BCUT2D eigenvalue weighted by molar-refractivity contribution is 0.0442. The van der Waals surface area contributed by atoms with E-state index in [4.69, 9.17) is 0 Å². The molecule has 1 aliphatic heterocycles. The van der Waals surface area contributed by atoms with E-state index in [1.54, 1.807) is 0 Å². The van der Waals surface area contributed by atoms with Crippen LogP contribution in [0.3, 0.4) is 0 Å². The van der Waals surface area contributed by atoms with Gasteiger partial charge >= 0.3 is 0 Å². The number of hydrogen-bond acceptors (Lipinski definition) is 2. The molecule has 20 heavy (non-hydrogen) atoms. The molecular formula is C18H36N2. The number of hydrogen-bond donors (Lipinski definition) is 1. The highest BCUT2D eigenvalue weighted by Crippen LogP contribution is 2.33. The van der Waals surface area contributed by atoms with Gasteiger partial charge in [-0.05, 0) is 50.6 Å². The zero-order valence-electron chi connectivity index (χ0n) is 14.0. The Morgan fingerprint density at radius 3 is 2.40 bits per heavy atom. The normalized spacial score (nSPS) is 36.1. The topological polar surface area (TPSA) is 15.3 Å². The molecular weight excluding hydrogens is 244 g/mol. The molecule has 1 N–H and O–H groups in total. The second-order valence-electron chi connectivity index (χ2n) is 7.03. The van der Waals surface area contributed by atoms with Crippen LogP contribution in [0.15, 0.2) is 0 Å². The molecule has 1 aliphatic carbocycles. The van der Waals surface area contributed by atoms with Crippen LogP contribution in [-0.4, -0.2) is 36.6 Å². The van der Waals surface area contributed by atoms with Crippen LogP contribution in [0.25, 0.3) is 0 Å². The first kappa shape index (κ1) is 16.3. The summed E-state index contributed by atoms with van der Waals surface area (Å²) in [6.07, 6.45) is 11.2. The Balaban J connectivity index is 1.91. The van der Waals surface area contributed by atoms with Gasteiger partial charge in [0.05, 0.1) is 0 Å². The Hall–Kier alpha value is -0.0800. The van der Waals surface area contributed by atoms with Crippen molar-refractivity contribution in [2.45, 2.75) is 84.2 Å². The number of rotatable bonds is 6. The lowest BCUT2D eigenvalue weighted by Gasteiger charge is -2.46. The molecule has 0 bridgehead atoms. The summed E-state index contributed by atoms with van der Waals surface area (Å²) in [6.45, 7) is 10.9. The lowest BCUT2D eigenvalue weighted by Crippen LogP contribution is -2.54. The van der Waals surface area contributed by atoms with Crippen molar-refractivity contribution in [2.24, 2.45) is 11.8 Å². The van der Waals surface area contributed by atoms with Crippen molar-refractivity contribution in [2.75, 3.05) is 19.6 Å². The van der Waals surface area contributed by atoms with E-state index in [2.05, 4.69) is 31.0 Å². The smallest absolute Gasteiger partial charge is 0.0123 e. The first-order valence-electron chi connectivity index (χ1n) is 9.27. The van der Waals surface area contributed by atoms with Crippen LogP contribution in [-0.2, 0) is 0 Å². The summed E-state index contributed by atoms with van der Waals surface area (Å²) in [6, 6.07) is 1.68. The Kier molecular flexibility index (Phi) is 6.83. The number of likely N-dealkylation sites (tertiary alicyclic amines) is 1. The third-order valence-corrected chi connectivity index (χ3v) is 5.81. The second kappa shape index (κ2) is 8.38. The molecule has 4 atom stereocenters. The largest absolute Gasteiger partial charge is 0.314 e. The van der Waals surface area contributed by atoms with Crippen LogP contribution in [0.4, 0.5) is 0 Å². The molecule has 0 aromatic heterocycles. The minimum atomic E-state index is 0.778. The molecule has 2 heteroatoms. The van der Waals surface area contributed by atoms with Crippen LogP contribution in [0.2, 0.25) is 0 Å². The van der Waals surface area contributed by atoms with E-state index in [1.807, 2.05) is 0 Å². The van der Waals surface area contributed by atoms with Crippen molar-refractivity contribution in [1.82, 2.24) is 10.2 Å². The molecule has 0 amide bonds. The molecule has 2 aliphatic rings. The molecule has 0 spiro atoms. The molecule has 118 valence electrons. The van der Waals surface area contributed by atoms with E-state index in [9.17, 15) is 0 Å². The van der Waals surface area contributed by atoms with Gasteiger partial charge in [-0.3, -0.25) is 4.90 Å². The van der Waals surface area contributed by atoms with Gasteiger partial charge in [-0.15, -0.1) is 0 Å². The van der Waals surface area contributed by atoms with Crippen molar-refractivity contribution in [3.05, 3.63) is 0 Å². The van der Waals surface area contributed by atoms with E-state index in [1.165, 1.54) is 71.0 Å². The van der Waals surface area contributed by atoms with Crippen molar-refractivity contribution < 1.29 is 0 Å². The number of nitrogens with zero attached hydrogens (tertiary/aromatic N) is 1. The fourth-order valence-corrected chi connectivity index (χ4v) is 4.52. The molecule has 0 aromatic rings. The SMILES string of the molecule is CCCNC1CCN(C2CCCCC2CC)CC1CC. The van der Waals surface area contributed by atoms with Crippen LogP contribution < -0.4 is 5.32 Å². The van der Waals surface area contributed by atoms with Gasteiger partial charge in [0.25, 0.3) is 0 Å².